The van der Waals surface area contributed by atoms with E-state index in [2.05, 4.69) is 24.3 Å². The Hall–Kier alpha value is -1.29. The van der Waals surface area contributed by atoms with Gasteiger partial charge in [-0.3, -0.25) is 0 Å². The number of hydrogen-bond donors (Lipinski definition) is 2. The second kappa shape index (κ2) is 5.37. The van der Waals surface area contributed by atoms with Gasteiger partial charge in [0.1, 0.15) is 0 Å². The molecule has 0 unspecified atom stereocenters. The van der Waals surface area contributed by atoms with Crippen molar-refractivity contribution in [2.45, 2.75) is 35.8 Å². The summed E-state index contributed by atoms with van der Waals surface area (Å²) in [6.07, 6.45) is 2.01. The molecule has 0 radical (unpaired) electrons. The second-order valence-electron chi connectivity index (χ2n) is 4.80. The van der Waals surface area contributed by atoms with Crippen LogP contribution in [-0.2, 0) is 26.1 Å². The fraction of sp³-hybridized carbons (Fsp3) is 0.250. The van der Waals surface area contributed by atoms with E-state index in [1.54, 1.807) is 11.8 Å². The smallest absolute Gasteiger partial charge is 0.0682 e. The van der Waals surface area contributed by atoms with E-state index in [-0.39, 0.29) is 13.2 Å². The summed E-state index contributed by atoms with van der Waals surface area (Å²) in [6, 6.07) is 12.4. The number of hydrogen-bond acceptors (Lipinski definition) is 3. The van der Waals surface area contributed by atoms with E-state index in [9.17, 15) is 10.2 Å². The SMILES string of the molecule is OCc1ccc2c(c1)CCc1ccc(CO)cc1S2. The fourth-order valence-corrected chi connectivity index (χ4v) is 3.59. The Bertz CT molecular complexity index is 608. The predicted octanol–water partition coefficient (Wildman–Crippen LogP) is 2.92. The predicted molar refractivity (Wildman–Crippen MR) is 76.3 cm³/mol. The number of aliphatic hydroxyl groups is 2. The van der Waals surface area contributed by atoms with E-state index in [0.29, 0.717) is 0 Å². The van der Waals surface area contributed by atoms with E-state index in [0.717, 1.165) is 24.0 Å². The van der Waals surface area contributed by atoms with Crippen LogP contribution in [0.2, 0.25) is 0 Å². The summed E-state index contributed by atoms with van der Waals surface area (Å²) in [5.74, 6) is 0. The van der Waals surface area contributed by atoms with Crippen LogP contribution in [0.1, 0.15) is 22.3 Å². The minimum Gasteiger partial charge on any atom is -0.392 e. The van der Waals surface area contributed by atoms with Gasteiger partial charge in [-0.2, -0.15) is 0 Å². The molecule has 1 aliphatic heterocycles. The summed E-state index contributed by atoms with van der Waals surface area (Å²) in [6.45, 7) is 0.184. The highest BCUT2D eigenvalue weighted by Gasteiger charge is 2.14. The van der Waals surface area contributed by atoms with Crippen molar-refractivity contribution < 1.29 is 10.2 Å². The van der Waals surface area contributed by atoms with Crippen molar-refractivity contribution in [3.05, 3.63) is 58.7 Å². The molecule has 1 aliphatic rings. The van der Waals surface area contributed by atoms with Crippen molar-refractivity contribution in [2.75, 3.05) is 0 Å². The topological polar surface area (TPSA) is 40.5 Å². The lowest BCUT2D eigenvalue weighted by Crippen LogP contribution is -1.93. The van der Waals surface area contributed by atoms with Gasteiger partial charge in [0.2, 0.25) is 0 Å². The number of benzene rings is 2. The Morgan fingerprint density at radius 1 is 0.789 bits per heavy atom. The van der Waals surface area contributed by atoms with Crippen LogP contribution in [0.4, 0.5) is 0 Å². The maximum Gasteiger partial charge on any atom is 0.0682 e. The molecule has 0 saturated heterocycles. The third kappa shape index (κ3) is 2.54. The minimum absolute atomic E-state index is 0.0874. The highest BCUT2D eigenvalue weighted by Crippen LogP contribution is 2.37. The average Bonchev–Trinajstić information content (AvgIpc) is 2.64. The van der Waals surface area contributed by atoms with E-state index in [4.69, 9.17) is 0 Å². The average molecular weight is 272 g/mol. The lowest BCUT2D eigenvalue weighted by atomic mass is 10.0. The molecule has 0 bridgehead atoms. The van der Waals surface area contributed by atoms with E-state index in [1.165, 1.54) is 20.9 Å². The van der Waals surface area contributed by atoms with E-state index in [1.807, 2.05) is 12.1 Å². The molecular weight excluding hydrogens is 256 g/mol. The zero-order chi connectivity index (χ0) is 13.2. The molecule has 0 spiro atoms. The molecule has 1 heterocycles. The van der Waals surface area contributed by atoms with Crippen molar-refractivity contribution in [3.63, 3.8) is 0 Å². The Balaban J connectivity index is 2.01. The van der Waals surface area contributed by atoms with Crippen LogP contribution in [0.15, 0.2) is 46.2 Å². The summed E-state index contributed by atoms with van der Waals surface area (Å²) < 4.78 is 0. The Morgan fingerprint density at radius 3 is 2.26 bits per heavy atom. The van der Waals surface area contributed by atoms with Gasteiger partial charge in [0.05, 0.1) is 13.2 Å². The molecule has 0 amide bonds. The monoisotopic (exact) mass is 272 g/mol. The Kier molecular flexibility index (Phi) is 3.60. The summed E-state index contributed by atoms with van der Waals surface area (Å²) in [5, 5.41) is 18.5. The van der Waals surface area contributed by atoms with Gasteiger partial charge < -0.3 is 10.2 Å². The van der Waals surface area contributed by atoms with Gasteiger partial charge in [0.15, 0.2) is 0 Å². The summed E-state index contributed by atoms with van der Waals surface area (Å²) in [7, 11) is 0. The molecule has 2 aromatic rings. The van der Waals surface area contributed by atoms with Crippen LogP contribution < -0.4 is 0 Å². The van der Waals surface area contributed by atoms with E-state index >= 15 is 0 Å². The standard InChI is InChI=1S/C16H16O2S/c17-9-11-2-6-15-14(7-11)5-4-13-3-1-12(10-18)8-16(13)19-15/h1-3,6-8,17-18H,4-5,9-10H2. The van der Waals surface area contributed by atoms with Gasteiger partial charge in [0, 0.05) is 9.79 Å². The van der Waals surface area contributed by atoms with Crippen LogP contribution >= 0.6 is 11.8 Å². The van der Waals surface area contributed by atoms with Crippen LogP contribution in [-0.4, -0.2) is 10.2 Å². The van der Waals surface area contributed by atoms with Crippen LogP contribution in [0.5, 0.6) is 0 Å². The first kappa shape index (κ1) is 12.7. The molecular formula is C16H16O2S. The fourth-order valence-electron chi connectivity index (χ4n) is 2.41. The van der Waals surface area contributed by atoms with Gasteiger partial charge in [-0.1, -0.05) is 36.0 Å². The van der Waals surface area contributed by atoms with Crippen molar-refractivity contribution in [1.82, 2.24) is 0 Å². The quantitative estimate of drug-likeness (QED) is 0.883. The Morgan fingerprint density at radius 2 is 1.47 bits per heavy atom. The lowest BCUT2D eigenvalue weighted by molar-refractivity contribution is 0.281. The van der Waals surface area contributed by atoms with Crippen molar-refractivity contribution >= 4 is 11.8 Å². The largest absolute Gasteiger partial charge is 0.392 e. The lowest BCUT2D eigenvalue weighted by Gasteiger charge is -2.08. The zero-order valence-electron chi connectivity index (χ0n) is 10.6. The zero-order valence-corrected chi connectivity index (χ0v) is 11.4. The maximum absolute atomic E-state index is 9.24. The van der Waals surface area contributed by atoms with Gasteiger partial charge in [-0.15, -0.1) is 0 Å². The highest BCUT2D eigenvalue weighted by molar-refractivity contribution is 7.99. The molecule has 19 heavy (non-hydrogen) atoms. The van der Waals surface area contributed by atoms with Gasteiger partial charge in [-0.05, 0) is 47.2 Å². The summed E-state index contributed by atoms with van der Waals surface area (Å²) >= 11 is 1.76. The molecule has 98 valence electrons. The molecule has 2 N–H and O–H groups in total. The van der Waals surface area contributed by atoms with Crippen molar-refractivity contribution in [3.8, 4) is 0 Å². The molecule has 2 nitrogen and oxygen atoms in total. The second-order valence-corrected chi connectivity index (χ2v) is 5.89. The summed E-state index contributed by atoms with van der Waals surface area (Å²) in [5.41, 5.74) is 4.57. The molecule has 2 aromatic carbocycles. The molecule has 0 saturated carbocycles. The first-order valence-corrected chi connectivity index (χ1v) is 7.25. The molecule has 0 atom stereocenters. The molecule has 0 fully saturated rings. The van der Waals surface area contributed by atoms with Crippen LogP contribution in [0.25, 0.3) is 0 Å². The van der Waals surface area contributed by atoms with Crippen molar-refractivity contribution in [1.29, 1.82) is 0 Å². The van der Waals surface area contributed by atoms with Crippen LogP contribution in [0, 0.1) is 0 Å². The van der Waals surface area contributed by atoms with E-state index < -0.39 is 0 Å². The first-order chi connectivity index (χ1) is 9.30. The number of aryl methyl sites for hydroxylation is 2. The third-order valence-corrected chi connectivity index (χ3v) is 4.72. The molecule has 3 heteroatoms. The maximum atomic E-state index is 9.24. The molecule has 0 aliphatic carbocycles. The first-order valence-electron chi connectivity index (χ1n) is 6.43. The third-order valence-electron chi connectivity index (χ3n) is 3.51. The van der Waals surface area contributed by atoms with Gasteiger partial charge in [0.25, 0.3) is 0 Å². The normalized spacial score (nSPS) is 13.6. The highest BCUT2D eigenvalue weighted by atomic mass is 32.2. The minimum atomic E-state index is 0.0874. The van der Waals surface area contributed by atoms with Gasteiger partial charge >= 0.3 is 0 Å². The molecule has 0 aromatic heterocycles. The van der Waals surface area contributed by atoms with Crippen molar-refractivity contribution in [2.24, 2.45) is 0 Å². The van der Waals surface area contributed by atoms with Gasteiger partial charge in [-0.25, -0.2) is 0 Å². The van der Waals surface area contributed by atoms with Crippen LogP contribution in [0.3, 0.4) is 0 Å². The summed E-state index contributed by atoms with van der Waals surface area (Å²) in [4.78, 5) is 2.49. The molecule has 3 rings (SSSR count). The Labute approximate surface area is 117 Å². The number of rotatable bonds is 2. The number of fused-ring (bicyclic) bond motifs is 2. The number of aliphatic hydroxyl groups excluding tert-OH is 2.